The minimum atomic E-state index is -4.50. The van der Waals surface area contributed by atoms with E-state index in [1.165, 1.54) is 0 Å². The summed E-state index contributed by atoms with van der Waals surface area (Å²) >= 11 is 15.2. The quantitative estimate of drug-likeness (QED) is 0.458. The summed E-state index contributed by atoms with van der Waals surface area (Å²) in [7, 11) is -4.50. The number of alkyl halides is 3. The molecule has 1 atom stereocenters. The third kappa shape index (κ3) is 3.39. The van der Waals surface area contributed by atoms with Crippen LogP contribution in [0.25, 0.3) is 0 Å². The Labute approximate surface area is 72.4 Å². The van der Waals surface area contributed by atoms with Crippen molar-refractivity contribution in [3.63, 3.8) is 0 Å². The molecule has 0 amide bonds. The second-order valence-corrected chi connectivity index (χ2v) is 5.68. The van der Waals surface area contributed by atoms with Gasteiger partial charge in [0.25, 0.3) is 0 Å². The van der Waals surface area contributed by atoms with Gasteiger partial charge in [-0.3, -0.25) is 4.57 Å². The fourth-order valence-electron chi connectivity index (χ4n) is 0.191. The maximum Gasteiger partial charge on any atom is 0.346 e. The molecule has 0 heterocycles. The first-order chi connectivity index (χ1) is 4.15. The average Bonchev–Trinajstić information content (AvgIpc) is 1.59. The van der Waals surface area contributed by atoms with Crippen molar-refractivity contribution in [2.45, 2.75) is 9.58 Å². The molecule has 10 heavy (non-hydrogen) atoms. The Morgan fingerprint density at radius 1 is 1.40 bits per heavy atom. The zero-order valence-electron chi connectivity index (χ0n) is 4.54. The lowest BCUT2D eigenvalue weighted by molar-refractivity contribution is 0.359. The first-order valence-electron chi connectivity index (χ1n) is 2.03. The molecule has 0 aromatic rings. The van der Waals surface area contributed by atoms with Crippen molar-refractivity contribution in [3.8, 4) is 0 Å². The van der Waals surface area contributed by atoms with Gasteiger partial charge in [-0.15, -0.1) is 0 Å². The van der Waals surface area contributed by atoms with E-state index in [-0.39, 0.29) is 0 Å². The number of nitrogens with two attached hydrogens (primary N) is 1. The first-order valence-corrected chi connectivity index (χ1v) is 4.85. The highest BCUT2D eigenvalue weighted by Crippen LogP contribution is 2.49. The average molecular weight is 228 g/mol. The molecule has 0 bridgehead atoms. The smallest absolute Gasteiger partial charge is 0.323 e. The third-order valence-corrected chi connectivity index (χ3v) is 2.97. The van der Waals surface area contributed by atoms with Crippen LogP contribution in [0.2, 0.25) is 0 Å². The van der Waals surface area contributed by atoms with Crippen molar-refractivity contribution < 1.29 is 14.4 Å². The van der Waals surface area contributed by atoms with Crippen LogP contribution >= 0.6 is 42.4 Å². The predicted octanol–water partition coefficient (Wildman–Crippen LogP) is 0.819. The number of hydrogen-bond donors (Lipinski definition) is 3. The van der Waals surface area contributed by atoms with Crippen LogP contribution in [-0.2, 0) is 4.57 Å². The summed E-state index contributed by atoms with van der Waals surface area (Å²) in [6, 6.07) is 0. The Morgan fingerprint density at radius 2 is 1.70 bits per heavy atom. The first kappa shape index (κ1) is 11.0. The molecule has 0 aliphatic heterocycles. The van der Waals surface area contributed by atoms with Crippen molar-refractivity contribution in [1.82, 2.24) is 0 Å². The summed E-state index contributed by atoms with van der Waals surface area (Å²) in [5.41, 5.74) is 4.87. The molecule has 8 heteroatoms. The molecule has 0 aliphatic rings. The summed E-state index contributed by atoms with van der Waals surface area (Å²) in [4.78, 5) is 16.7. The van der Waals surface area contributed by atoms with Crippen LogP contribution in [0.3, 0.4) is 0 Å². The lowest BCUT2D eigenvalue weighted by Crippen LogP contribution is -2.34. The highest BCUT2D eigenvalue weighted by atomic mass is 35.6. The maximum atomic E-state index is 10.3. The van der Waals surface area contributed by atoms with Crippen LogP contribution in [0, 0.1) is 0 Å². The van der Waals surface area contributed by atoms with E-state index < -0.39 is 17.2 Å². The van der Waals surface area contributed by atoms with E-state index in [0.717, 1.165) is 0 Å². The van der Waals surface area contributed by atoms with E-state index in [0.29, 0.717) is 0 Å². The molecule has 0 rings (SSSR count). The van der Waals surface area contributed by atoms with Crippen molar-refractivity contribution in [3.05, 3.63) is 0 Å². The molecule has 0 spiro atoms. The van der Waals surface area contributed by atoms with E-state index in [1.807, 2.05) is 0 Å². The van der Waals surface area contributed by atoms with Gasteiger partial charge in [-0.2, -0.15) is 0 Å². The van der Waals surface area contributed by atoms with Crippen LogP contribution in [-0.4, -0.2) is 19.4 Å². The van der Waals surface area contributed by atoms with E-state index in [4.69, 9.17) is 50.3 Å². The highest BCUT2D eigenvalue weighted by Gasteiger charge is 2.41. The lowest BCUT2D eigenvalue weighted by Gasteiger charge is -2.20. The van der Waals surface area contributed by atoms with Crippen molar-refractivity contribution in [2.75, 3.05) is 0 Å². The standard InChI is InChI=1S/C2H5Cl3NO3P/c3-2(4,5)1(6)10(7,8)9/h1H,6H2,(H2,7,8,9). The molecule has 0 aromatic heterocycles. The third-order valence-electron chi connectivity index (χ3n) is 0.698. The molecule has 0 fully saturated rings. The van der Waals surface area contributed by atoms with Gasteiger partial charge in [0.1, 0.15) is 0 Å². The van der Waals surface area contributed by atoms with Crippen LogP contribution in [0.4, 0.5) is 0 Å². The monoisotopic (exact) mass is 227 g/mol. The van der Waals surface area contributed by atoms with Crippen molar-refractivity contribution in [1.29, 1.82) is 0 Å². The van der Waals surface area contributed by atoms with Crippen LogP contribution in [0.1, 0.15) is 0 Å². The summed E-state index contributed by atoms with van der Waals surface area (Å²) in [5, 5.41) is 0. The second kappa shape index (κ2) is 3.15. The summed E-state index contributed by atoms with van der Waals surface area (Å²) in [6.45, 7) is 0. The van der Waals surface area contributed by atoms with Gasteiger partial charge in [-0.1, -0.05) is 34.8 Å². The molecule has 4 nitrogen and oxygen atoms in total. The zero-order chi connectivity index (χ0) is 8.58. The summed E-state index contributed by atoms with van der Waals surface area (Å²) < 4.78 is 8.17. The predicted molar refractivity (Wildman–Crippen MR) is 40.3 cm³/mol. The Bertz CT molecular complexity index is 162. The van der Waals surface area contributed by atoms with E-state index >= 15 is 0 Å². The van der Waals surface area contributed by atoms with Gasteiger partial charge in [0.15, 0.2) is 5.78 Å². The molecule has 0 saturated heterocycles. The van der Waals surface area contributed by atoms with Gasteiger partial charge in [0, 0.05) is 0 Å². The number of rotatable bonds is 1. The van der Waals surface area contributed by atoms with E-state index in [9.17, 15) is 4.57 Å². The Balaban J connectivity index is 4.39. The van der Waals surface area contributed by atoms with Crippen LogP contribution in [0.5, 0.6) is 0 Å². The molecule has 0 aliphatic carbocycles. The Hall–Kier alpha value is 0.980. The molecule has 62 valence electrons. The van der Waals surface area contributed by atoms with Crippen molar-refractivity contribution in [2.24, 2.45) is 5.73 Å². The Kier molecular flexibility index (Phi) is 3.46. The van der Waals surface area contributed by atoms with Gasteiger partial charge in [-0.05, 0) is 0 Å². The molecule has 0 aromatic carbocycles. The van der Waals surface area contributed by atoms with E-state index in [1.54, 1.807) is 0 Å². The van der Waals surface area contributed by atoms with Crippen LogP contribution < -0.4 is 5.73 Å². The second-order valence-electron chi connectivity index (χ2n) is 1.58. The SMILES string of the molecule is NC(C(Cl)(Cl)Cl)P(=O)(O)O. The Morgan fingerprint density at radius 3 is 1.70 bits per heavy atom. The molecular weight excluding hydrogens is 223 g/mol. The lowest BCUT2D eigenvalue weighted by atomic mass is 10.8. The van der Waals surface area contributed by atoms with Crippen LogP contribution in [0.15, 0.2) is 0 Å². The van der Waals surface area contributed by atoms with Gasteiger partial charge >= 0.3 is 7.60 Å². The summed E-state index contributed by atoms with van der Waals surface area (Å²) in [6.07, 6.45) is 0. The molecule has 0 saturated carbocycles. The fourth-order valence-corrected chi connectivity index (χ4v) is 1.72. The number of hydrogen-bond acceptors (Lipinski definition) is 2. The molecule has 1 unspecified atom stereocenters. The minimum Gasteiger partial charge on any atom is -0.323 e. The largest absolute Gasteiger partial charge is 0.346 e. The fraction of sp³-hybridized carbons (Fsp3) is 1.00. The minimum absolute atomic E-state index is 1.77. The van der Waals surface area contributed by atoms with Crippen molar-refractivity contribution >= 4 is 42.4 Å². The van der Waals surface area contributed by atoms with Gasteiger partial charge in [0.05, 0.1) is 0 Å². The van der Waals surface area contributed by atoms with Gasteiger partial charge in [0.2, 0.25) is 3.79 Å². The van der Waals surface area contributed by atoms with E-state index in [2.05, 4.69) is 0 Å². The molecular formula is C2H5Cl3NO3P. The number of halogens is 3. The summed E-state index contributed by atoms with van der Waals surface area (Å²) in [5.74, 6) is -1.77. The van der Waals surface area contributed by atoms with Gasteiger partial charge < -0.3 is 15.5 Å². The molecule has 4 N–H and O–H groups in total. The highest BCUT2D eigenvalue weighted by molar-refractivity contribution is 7.53. The zero-order valence-corrected chi connectivity index (χ0v) is 7.70. The normalized spacial score (nSPS) is 17.0. The maximum absolute atomic E-state index is 10.3. The molecule has 0 radical (unpaired) electrons. The van der Waals surface area contributed by atoms with Gasteiger partial charge in [-0.25, -0.2) is 0 Å². The topological polar surface area (TPSA) is 83.6 Å².